The summed E-state index contributed by atoms with van der Waals surface area (Å²) in [4.78, 5) is 16.9. The van der Waals surface area contributed by atoms with Gasteiger partial charge in [-0.2, -0.15) is 0 Å². The highest BCUT2D eigenvalue weighted by Crippen LogP contribution is 2.18. The van der Waals surface area contributed by atoms with Crippen LogP contribution in [0.25, 0.3) is 0 Å². The molecule has 18 heavy (non-hydrogen) atoms. The Hall–Kier alpha value is -2.08. The molecule has 94 valence electrons. The van der Waals surface area contributed by atoms with Gasteiger partial charge >= 0.3 is 0 Å². The summed E-state index contributed by atoms with van der Waals surface area (Å²) in [5, 5.41) is 2.80. The number of methoxy groups -OCH3 is 1. The minimum Gasteiger partial charge on any atom is -0.497 e. The van der Waals surface area contributed by atoms with E-state index in [4.69, 9.17) is 10.5 Å². The van der Waals surface area contributed by atoms with Crippen LogP contribution >= 0.6 is 11.3 Å². The van der Waals surface area contributed by atoms with E-state index < -0.39 is 0 Å². The van der Waals surface area contributed by atoms with E-state index in [1.807, 2.05) is 0 Å². The summed E-state index contributed by atoms with van der Waals surface area (Å²) in [6.07, 6.45) is 1.73. The summed E-state index contributed by atoms with van der Waals surface area (Å²) >= 11 is 1.50. The lowest BCUT2D eigenvalue weighted by atomic mass is 10.1. The summed E-state index contributed by atoms with van der Waals surface area (Å²) in [5.74, 6) is 0.381. The minimum absolute atomic E-state index is 0.186. The maximum absolute atomic E-state index is 11.9. The van der Waals surface area contributed by atoms with E-state index in [2.05, 4.69) is 10.3 Å². The van der Waals surface area contributed by atoms with Crippen molar-refractivity contribution in [3.63, 3.8) is 0 Å². The van der Waals surface area contributed by atoms with Crippen molar-refractivity contribution in [3.8, 4) is 5.75 Å². The van der Waals surface area contributed by atoms with Gasteiger partial charge in [0.2, 0.25) is 0 Å². The molecule has 0 fully saturated rings. The Labute approximate surface area is 109 Å². The molecule has 2 aromatic rings. The van der Waals surface area contributed by atoms with Crippen LogP contribution in [0.2, 0.25) is 0 Å². The summed E-state index contributed by atoms with van der Waals surface area (Å²) in [7, 11) is 1.54. The summed E-state index contributed by atoms with van der Waals surface area (Å²) in [5.41, 5.74) is 8.40. The van der Waals surface area contributed by atoms with Gasteiger partial charge in [0.15, 0.2) is 0 Å². The second-order valence-corrected chi connectivity index (χ2v) is 4.62. The molecule has 0 atom stereocenters. The Morgan fingerprint density at radius 1 is 1.50 bits per heavy atom. The molecule has 0 aliphatic heterocycles. The van der Waals surface area contributed by atoms with Crippen LogP contribution in [0.3, 0.4) is 0 Å². The van der Waals surface area contributed by atoms with Crippen LogP contribution in [0.4, 0.5) is 5.69 Å². The molecular weight excluding hydrogens is 250 g/mol. The average molecular weight is 263 g/mol. The van der Waals surface area contributed by atoms with Gasteiger partial charge in [0.25, 0.3) is 5.91 Å². The molecule has 0 aliphatic rings. The lowest BCUT2D eigenvalue weighted by Crippen LogP contribution is -2.22. The fourth-order valence-electron chi connectivity index (χ4n) is 1.47. The fourth-order valence-corrected chi connectivity index (χ4v) is 2.00. The Balaban J connectivity index is 2.06. The number of nitrogens with one attached hydrogen (secondary N) is 1. The Morgan fingerprint density at radius 2 is 2.33 bits per heavy atom. The molecule has 0 aliphatic carbocycles. The molecule has 1 aromatic carbocycles. The van der Waals surface area contributed by atoms with Gasteiger partial charge in [-0.15, -0.1) is 11.3 Å². The molecule has 1 aromatic heterocycles. The molecule has 1 heterocycles. The molecule has 0 unspecified atom stereocenters. The first-order chi connectivity index (χ1) is 8.69. The summed E-state index contributed by atoms with van der Waals surface area (Å²) < 4.78 is 5.07. The zero-order valence-electron chi connectivity index (χ0n) is 9.84. The van der Waals surface area contributed by atoms with Gasteiger partial charge < -0.3 is 15.8 Å². The predicted octanol–water partition coefficient (Wildman–Crippen LogP) is 1.66. The quantitative estimate of drug-likeness (QED) is 0.822. The van der Waals surface area contributed by atoms with Crippen molar-refractivity contribution in [1.29, 1.82) is 0 Å². The van der Waals surface area contributed by atoms with Crippen molar-refractivity contribution in [2.45, 2.75) is 6.54 Å². The maximum Gasteiger partial charge on any atom is 0.251 e. The third-order valence-electron chi connectivity index (χ3n) is 2.33. The van der Waals surface area contributed by atoms with Gasteiger partial charge in [-0.25, -0.2) is 0 Å². The standard InChI is InChI=1S/C12H13N3O2S/c1-17-10-3-8(2-9(13)4-10)12(16)15-6-11-5-14-7-18-11/h2-5,7H,6,13H2,1H3,(H,15,16). The zero-order valence-corrected chi connectivity index (χ0v) is 10.7. The smallest absolute Gasteiger partial charge is 0.251 e. The van der Waals surface area contributed by atoms with Gasteiger partial charge in [0.05, 0.1) is 19.2 Å². The number of nitrogens with zero attached hydrogens (tertiary/aromatic N) is 1. The van der Waals surface area contributed by atoms with Crippen LogP contribution in [0.15, 0.2) is 29.9 Å². The Morgan fingerprint density at radius 3 is 3.00 bits per heavy atom. The number of nitrogens with two attached hydrogens (primary N) is 1. The monoisotopic (exact) mass is 263 g/mol. The van der Waals surface area contributed by atoms with Gasteiger partial charge in [-0.1, -0.05) is 0 Å². The molecule has 0 bridgehead atoms. The van der Waals surface area contributed by atoms with Crippen LogP contribution in [0, 0.1) is 0 Å². The highest BCUT2D eigenvalue weighted by atomic mass is 32.1. The Bertz CT molecular complexity index is 540. The molecule has 1 amide bonds. The predicted molar refractivity (Wildman–Crippen MR) is 70.7 cm³/mol. The first-order valence-corrected chi connectivity index (χ1v) is 6.17. The number of benzene rings is 1. The molecule has 0 spiro atoms. The number of anilines is 1. The van der Waals surface area contributed by atoms with Crippen molar-refractivity contribution in [2.24, 2.45) is 0 Å². The minimum atomic E-state index is -0.186. The van der Waals surface area contributed by atoms with Crippen molar-refractivity contribution in [1.82, 2.24) is 10.3 Å². The van der Waals surface area contributed by atoms with E-state index in [-0.39, 0.29) is 5.91 Å². The maximum atomic E-state index is 11.9. The van der Waals surface area contributed by atoms with Crippen LogP contribution in [0.1, 0.15) is 15.2 Å². The van der Waals surface area contributed by atoms with E-state index in [9.17, 15) is 4.79 Å². The van der Waals surface area contributed by atoms with Crippen molar-refractivity contribution >= 4 is 22.9 Å². The third kappa shape index (κ3) is 2.98. The lowest BCUT2D eigenvalue weighted by Gasteiger charge is -2.07. The molecular formula is C12H13N3O2S. The highest BCUT2D eigenvalue weighted by molar-refractivity contribution is 7.09. The molecule has 5 nitrogen and oxygen atoms in total. The molecule has 0 saturated carbocycles. The first kappa shape index (κ1) is 12.4. The van der Waals surface area contributed by atoms with E-state index >= 15 is 0 Å². The van der Waals surface area contributed by atoms with E-state index in [0.717, 1.165) is 4.88 Å². The zero-order chi connectivity index (χ0) is 13.0. The number of carbonyl (C=O) groups is 1. The van der Waals surface area contributed by atoms with Crippen LogP contribution in [-0.2, 0) is 6.54 Å². The van der Waals surface area contributed by atoms with Gasteiger partial charge in [-0.3, -0.25) is 9.78 Å². The summed E-state index contributed by atoms with van der Waals surface area (Å²) in [6.45, 7) is 0.459. The normalized spacial score (nSPS) is 10.1. The molecule has 0 radical (unpaired) electrons. The molecule has 0 saturated heterocycles. The van der Waals surface area contributed by atoms with Crippen LogP contribution in [-0.4, -0.2) is 18.0 Å². The highest BCUT2D eigenvalue weighted by Gasteiger charge is 2.08. The van der Waals surface area contributed by atoms with Crippen molar-refractivity contribution < 1.29 is 9.53 Å². The number of rotatable bonds is 4. The topological polar surface area (TPSA) is 77.2 Å². The van der Waals surface area contributed by atoms with Crippen LogP contribution < -0.4 is 15.8 Å². The van der Waals surface area contributed by atoms with E-state index in [1.165, 1.54) is 18.4 Å². The summed E-state index contributed by atoms with van der Waals surface area (Å²) in [6, 6.07) is 4.93. The number of amides is 1. The van der Waals surface area contributed by atoms with Crippen LogP contribution in [0.5, 0.6) is 5.75 Å². The van der Waals surface area contributed by atoms with Gasteiger partial charge in [-0.05, 0) is 12.1 Å². The molecule has 3 N–H and O–H groups in total. The molecule has 2 rings (SSSR count). The number of hydrogen-bond acceptors (Lipinski definition) is 5. The fraction of sp³-hybridized carbons (Fsp3) is 0.167. The molecule has 6 heteroatoms. The largest absolute Gasteiger partial charge is 0.497 e. The van der Waals surface area contributed by atoms with E-state index in [0.29, 0.717) is 23.5 Å². The van der Waals surface area contributed by atoms with E-state index in [1.54, 1.807) is 29.9 Å². The number of ether oxygens (including phenoxy) is 1. The van der Waals surface area contributed by atoms with Gasteiger partial charge in [0.1, 0.15) is 5.75 Å². The number of thiazole rings is 1. The Kier molecular flexibility index (Phi) is 3.78. The average Bonchev–Trinajstić information content (AvgIpc) is 2.88. The third-order valence-corrected chi connectivity index (χ3v) is 3.11. The number of nitrogen functional groups attached to an aromatic ring is 1. The van der Waals surface area contributed by atoms with Crippen molar-refractivity contribution in [2.75, 3.05) is 12.8 Å². The number of carbonyl (C=O) groups excluding carboxylic acids is 1. The SMILES string of the molecule is COc1cc(N)cc(C(=O)NCc2cncs2)c1. The first-order valence-electron chi connectivity index (χ1n) is 5.29. The number of aromatic nitrogens is 1. The lowest BCUT2D eigenvalue weighted by molar-refractivity contribution is 0.0951. The second kappa shape index (κ2) is 5.50. The second-order valence-electron chi connectivity index (χ2n) is 3.65. The number of hydrogen-bond donors (Lipinski definition) is 2. The van der Waals surface area contributed by atoms with Crippen molar-refractivity contribution in [3.05, 3.63) is 40.3 Å². The van der Waals surface area contributed by atoms with Gasteiger partial charge in [0, 0.05) is 28.4 Å².